The van der Waals surface area contributed by atoms with Crippen LogP contribution in [0.15, 0.2) is 84.9 Å². The monoisotopic (exact) mass is 599 g/mol. The first-order valence-corrected chi connectivity index (χ1v) is 13.9. The van der Waals surface area contributed by atoms with Gasteiger partial charge in [-0.25, -0.2) is 0 Å². The number of anilines is 2. The van der Waals surface area contributed by atoms with Crippen LogP contribution >= 0.6 is 11.6 Å². The molecule has 10 heteroatoms. The molecule has 220 valence electrons. The zero-order valence-corrected chi connectivity index (χ0v) is 24.6. The summed E-state index contributed by atoms with van der Waals surface area (Å²) in [5.41, 5.74) is 3.80. The van der Waals surface area contributed by atoms with Crippen molar-refractivity contribution in [1.29, 1.82) is 0 Å². The SMILES string of the molecule is COc1ccc(C2Oc3ccc(NC(C)=O)cc3C(=O)N2Cc2cccc(Cl)c2)cc1COc1ccc(NC(C)=O)cc1. The van der Waals surface area contributed by atoms with E-state index in [0.717, 1.165) is 11.1 Å². The summed E-state index contributed by atoms with van der Waals surface area (Å²) in [5, 5.41) is 6.01. The lowest BCUT2D eigenvalue weighted by Crippen LogP contribution is -2.41. The van der Waals surface area contributed by atoms with Crippen LogP contribution in [0.1, 0.15) is 47.1 Å². The molecule has 1 heterocycles. The highest BCUT2D eigenvalue weighted by molar-refractivity contribution is 6.30. The van der Waals surface area contributed by atoms with Gasteiger partial charge in [-0.15, -0.1) is 0 Å². The van der Waals surface area contributed by atoms with Crippen LogP contribution in [0.3, 0.4) is 0 Å². The van der Waals surface area contributed by atoms with Crippen molar-refractivity contribution in [2.75, 3.05) is 17.7 Å². The van der Waals surface area contributed by atoms with Crippen LogP contribution in [-0.2, 0) is 22.7 Å². The standard InChI is InChI=1S/C33H30ClN3O6/c1-20(38)35-26-8-11-28(12-9-26)42-19-24-16-23(7-13-30(24)41-3)33-37(18-22-5-4-6-25(34)15-22)32(40)29-17-27(36-21(2)39)10-14-31(29)43-33/h4-17,33H,18-19H2,1-3H3,(H,35,38)(H,36,39). The smallest absolute Gasteiger partial charge is 0.261 e. The summed E-state index contributed by atoms with van der Waals surface area (Å²) in [4.78, 5) is 38.5. The average Bonchev–Trinajstić information content (AvgIpc) is 2.97. The van der Waals surface area contributed by atoms with E-state index in [0.29, 0.717) is 44.8 Å². The fraction of sp³-hybridized carbons (Fsp3) is 0.182. The van der Waals surface area contributed by atoms with Crippen molar-refractivity contribution in [2.24, 2.45) is 0 Å². The van der Waals surface area contributed by atoms with E-state index in [2.05, 4.69) is 10.6 Å². The molecule has 43 heavy (non-hydrogen) atoms. The number of benzene rings is 4. The summed E-state index contributed by atoms with van der Waals surface area (Å²) in [5.74, 6) is 0.971. The molecule has 1 aliphatic heterocycles. The van der Waals surface area contributed by atoms with Crippen LogP contribution in [0.2, 0.25) is 5.02 Å². The molecular weight excluding hydrogens is 570 g/mol. The van der Waals surface area contributed by atoms with E-state index in [9.17, 15) is 14.4 Å². The number of halogens is 1. The summed E-state index contributed by atoms with van der Waals surface area (Å²) < 4.78 is 18.1. The number of nitrogens with zero attached hydrogens (tertiary/aromatic N) is 1. The first kappa shape index (κ1) is 29.5. The predicted molar refractivity (Wildman–Crippen MR) is 164 cm³/mol. The fourth-order valence-electron chi connectivity index (χ4n) is 4.82. The normalized spacial score (nSPS) is 13.9. The molecule has 1 atom stereocenters. The first-order valence-electron chi connectivity index (χ1n) is 13.5. The number of carbonyl (C=O) groups is 3. The molecule has 0 spiro atoms. The molecule has 5 rings (SSSR count). The lowest BCUT2D eigenvalue weighted by Gasteiger charge is -2.37. The lowest BCUT2D eigenvalue weighted by molar-refractivity contribution is -0.115. The number of amides is 3. The van der Waals surface area contributed by atoms with Crippen molar-refractivity contribution < 1.29 is 28.6 Å². The van der Waals surface area contributed by atoms with Crippen molar-refractivity contribution in [1.82, 2.24) is 4.90 Å². The van der Waals surface area contributed by atoms with Crippen LogP contribution in [0.5, 0.6) is 17.2 Å². The van der Waals surface area contributed by atoms with E-state index >= 15 is 0 Å². The van der Waals surface area contributed by atoms with E-state index in [1.807, 2.05) is 30.3 Å². The van der Waals surface area contributed by atoms with Gasteiger partial charge in [-0.3, -0.25) is 19.3 Å². The Kier molecular flexibility index (Phi) is 8.82. The number of methoxy groups -OCH3 is 1. The van der Waals surface area contributed by atoms with Gasteiger partial charge >= 0.3 is 0 Å². The maximum atomic E-state index is 14.0. The van der Waals surface area contributed by atoms with Crippen molar-refractivity contribution in [3.63, 3.8) is 0 Å². The van der Waals surface area contributed by atoms with Crippen molar-refractivity contribution in [3.8, 4) is 17.2 Å². The van der Waals surface area contributed by atoms with Crippen LogP contribution in [0.25, 0.3) is 0 Å². The Morgan fingerprint density at radius 2 is 1.63 bits per heavy atom. The van der Waals surface area contributed by atoms with Crippen LogP contribution in [-0.4, -0.2) is 29.7 Å². The molecule has 1 unspecified atom stereocenters. The first-order chi connectivity index (χ1) is 20.7. The zero-order chi connectivity index (χ0) is 30.5. The number of hydrogen-bond acceptors (Lipinski definition) is 6. The number of hydrogen-bond donors (Lipinski definition) is 2. The Bertz CT molecular complexity index is 1670. The molecule has 0 saturated heterocycles. The molecule has 2 N–H and O–H groups in total. The number of nitrogens with one attached hydrogen (secondary N) is 2. The van der Waals surface area contributed by atoms with Gasteiger partial charge in [0, 0.05) is 47.9 Å². The van der Waals surface area contributed by atoms with Crippen LogP contribution in [0, 0.1) is 0 Å². The minimum atomic E-state index is -0.771. The molecule has 9 nitrogen and oxygen atoms in total. The summed E-state index contributed by atoms with van der Waals surface area (Å²) >= 11 is 6.25. The lowest BCUT2D eigenvalue weighted by atomic mass is 10.0. The van der Waals surface area contributed by atoms with E-state index in [1.54, 1.807) is 66.6 Å². The number of rotatable bonds is 9. The van der Waals surface area contributed by atoms with E-state index in [4.69, 9.17) is 25.8 Å². The topological polar surface area (TPSA) is 106 Å². The minimum Gasteiger partial charge on any atom is -0.496 e. The minimum absolute atomic E-state index is 0.154. The second kappa shape index (κ2) is 12.9. The average molecular weight is 600 g/mol. The third-order valence-electron chi connectivity index (χ3n) is 6.71. The molecule has 0 radical (unpaired) electrons. The Morgan fingerprint density at radius 1 is 0.907 bits per heavy atom. The largest absolute Gasteiger partial charge is 0.496 e. The van der Waals surface area contributed by atoms with Crippen LogP contribution < -0.4 is 24.8 Å². The quantitative estimate of drug-likeness (QED) is 0.225. The highest BCUT2D eigenvalue weighted by Gasteiger charge is 2.35. The van der Waals surface area contributed by atoms with Gasteiger partial charge in [-0.05, 0) is 78.4 Å². The number of ether oxygens (including phenoxy) is 3. The number of fused-ring (bicyclic) bond motifs is 1. The summed E-state index contributed by atoms with van der Waals surface area (Å²) in [7, 11) is 1.58. The Morgan fingerprint density at radius 3 is 2.33 bits per heavy atom. The summed E-state index contributed by atoms with van der Waals surface area (Å²) in [6.45, 7) is 3.27. The third kappa shape index (κ3) is 7.07. The van der Waals surface area contributed by atoms with Gasteiger partial charge in [-0.2, -0.15) is 0 Å². The molecule has 3 amide bonds. The third-order valence-corrected chi connectivity index (χ3v) is 6.95. The molecule has 4 aromatic carbocycles. The summed E-state index contributed by atoms with van der Waals surface area (Å²) in [6, 6.07) is 24.9. The van der Waals surface area contributed by atoms with Gasteiger partial charge in [-0.1, -0.05) is 23.7 Å². The van der Waals surface area contributed by atoms with Gasteiger partial charge in [0.15, 0.2) is 0 Å². The Hall–Kier alpha value is -5.02. The maximum absolute atomic E-state index is 14.0. The van der Waals surface area contributed by atoms with Crippen molar-refractivity contribution >= 4 is 40.7 Å². The van der Waals surface area contributed by atoms with Crippen LogP contribution in [0.4, 0.5) is 11.4 Å². The van der Waals surface area contributed by atoms with Crippen molar-refractivity contribution in [3.05, 3.63) is 112 Å². The van der Waals surface area contributed by atoms with E-state index in [-0.39, 0.29) is 30.9 Å². The maximum Gasteiger partial charge on any atom is 0.261 e. The molecule has 0 fully saturated rings. The van der Waals surface area contributed by atoms with Gasteiger partial charge in [0.1, 0.15) is 23.9 Å². The molecule has 0 aliphatic carbocycles. The second-order valence-electron chi connectivity index (χ2n) is 9.99. The molecule has 0 saturated carbocycles. The predicted octanol–water partition coefficient (Wildman–Crippen LogP) is 6.58. The van der Waals surface area contributed by atoms with Crippen molar-refractivity contribution in [2.45, 2.75) is 33.2 Å². The molecule has 0 aromatic heterocycles. The highest BCUT2D eigenvalue weighted by atomic mass is 35.5. The van der Waals surface area contributed by atoms with E-state index < -0.39 is 6.23 Å². The van der Waals surface area contributed by atoms with Gasteiger partial charge in [0.2, 0.25) is 18.0 Å². The zero-order valence-electron chi connectivity index (χ0n) is 23.8. The second-order valence-corrected chi connectivity index (χ2v) is 10.4. The molecule has 0 bridgehead atoms. The van der Waals surface area contributed by atoms with E-state index in [1.165, 1.54) is 13.8 Å². The molecular formula is C33H30ClN3O6. The fourth-order valence-corrected chi connectivity index (χ4v) is 5.04. The molecule has 1 aliphatic rings. The number of carbonyl (C=O) groups excluding carboxylic acids is 3. The Balaban J connectivity index is 1.46. The molecule has 4 aromatic rings. The van der Waals surface area contributed by atoms with Gasteiger partial charge in [0.05, 0.1) is 12.7 Å². The van der Waals surface area contributed by atoms with Gasteiger partial charge in [0.25, 0.3) is 5.91 Å². The summed E-state index contributed by atoms with van der Waals surface area (Å²) in [6.07, 6.45) is -0.771. The Labute approximate surface area is 254 Å². The highest BCUT2D eigenvalue weighted by Crippen LogP contribution is 2.39. The van der Waals surface area contributed by atoms with Gasteiger partial charge < -0.3 is 24.8 Å².